The number of hydrogen-bond donors (Lipinski definition) is 0. The van der Waals surface area contributed by atoms with Crippen LogP contribution in [-0.2, 0) is 0 Å². The highest BCUT2D eigenvalue weighted by atomic mass is 16.3. The minimum atomic E-state index is 0.406. The van der Waals surface area contributed by atoms with Crippen LogP contribution >= 0.6 is 0 Å². The summed E-state index contributed by atoms with van der Waals surface area (Å²) >= 11 is 0. The molecular formula is C12H7N3O. The van der Waals surface area contributed by atoms with E-state index in [1.165, 1.54) is 0 Å². The molecule has 1 aromatic carbocycles. The van der Waals surface area contributed by atoms with Gasteiger partial charge >= 0.3 is 0 Å². The van der Waals surface area contributed by atoms with Crippen molar-refractivity contribution in [3.05, 3.63) is 47.6 Å². The van der Waals surface area contributed by atoms with Crippen LogP contribution in [0, 0.1) is 4.91 Å². The number of aromatic nitrogens is 2. The molecule has 2 aromatic heterocycles. The molecule has 0 aliphatic rings. The Morgan fingerprint density at radius 2 is 1.75 bits per heavy atom. The number of rotatable bonds is 1. The fourth-order valence-corrected chi connectivity index (χ4v) is 1.83. The van der Waals surface area contributed by atoms with Gasteiger partial charge in [0.15, 0.2) is 0 Å². The first-order valence-corrected chi connectivity index (χ1v) is 4.86. The first-order valence-electron chi connectivity index (χ1n) is 4.86. The minimum absolute atomic E-state index is 0.406. The number of nitrogens with zero attached hydrogens (tertiary/aromatic N) is 3. The third-order valence-corrected chi connectivity index (χ3v) is 2.54. The number of fused-ring (bicyclic) bond motifs is 3. The lowest BCUT2D eigenvalue weighted by atomic mass is 10.1. The number of nitroso groups, excluding NO2 is 1. The molecule has 3 aromatic rings. The molecule has 2 heterocycles. The van der Waals surface area contributed by atoms with Crippen LogP contribution in [0.4, 0.5) is 5.69 Å². The van der Waals surface area contributed by atoms with E-state index in [9.17, 15) is 4.91 Å². The zero-order chi connectivity index (χ0) is 11.0. The maximum absolute atomic E-state index is 10.8. The van der Waals surface area contributed by atoms with Gasteiger partial charge in [0.2, 0.25) is 0 Å². The smallest absolute Gasteiger partial charge is 0.118 e. The van der Waals surface area contributed by atoms with Gasteiger partial charge in [-0.1, -0.05) is 6.07 Å². The molecule has 0 fully saturated rings. The van der Waals surface area contributed by atoms with Crippen LogP contribution in [0.3, 0.4) is 0 Å². The molecule has 0 N–H and O–H groups in total. The third-order valence-electron chi connectivity index (χ3n) is 2.54. The van der Waals surface area contributed by atoms with E-state index >= 15 is 0 Å². The van der Waals surface area contributed by atoms with E-state index in [1.54, 1.807) is 24.5 Å². The van der Waals surface area contributed by atoms with Gasteiger partial charge in [-0.05, 0) is 29.4 Å². The molecule has 0 aliphatic heterocycles. The van der Waals surface area contributed by atoms with E-state index in [0.717, 1.165) is 21.8 Å². The van der Waals surface area contributed by atoms with Crippen molar-refractivity contribution in [3.8, 4) is 0 Å². The second-order valence-corrected chi connectivity index (χ2v) is 3.46. The summed E-state index contributed by atoms with van der Waals surface area (Å²) in [6.07, 6.45) is 3.40. The topological polar surface area (TPSA) is 55.2 Å². The Bertz CT molecular complexity index is 694. The maximum Gasteiger partial charge on any atom is 0.118 e. The van der Waals surface area contributed by atoms with Crippen molar-refractivity contribution in [2.45, 2.75) is 0 Å². The molecule has 0 bridgehead atoms. The summed E-state index contributed by atoms with van der Waals surface area (Å²) in [5.41, 5.74) is 1.92. The second kappa shape index (κ2) is 3.34. The van der Waals surface area contributed by atoms with Gasteiger partial charge in [-0.3, -0.25) is 9.97 Å². The van der Waals surface area contributed by atoms with Crippen LogP contribution in [0.15, 0.2) is 47.9 Å². The molecule has 0 aliphatic carbocycles. The first-order chi connectivity index (χ1) is 7.90. The van der Waals surface area contributed by atoms with Gasteiger partial charge in [-0.25, -0.2) is 0 Å². The van der Waals surface area contributed by atoms with E-state index in [2.05, 4.69) is 15.1 Å². The molecule has 0 saturated carbocycles. The Morgan fingerprint density at radius 3 is 2.56 bits per heavy atom. The van der Waals surface area contributed by atoms with E-state index in [1.807, 2.05) is 18.2 Å². The molecule has 0 unspecified atom stereocenters. The summed E-state index contributed by atoms with van der Waals surface area (Å²) in [4.78, 5) is 19.3. The summed E-state index contributed by atoms with van der Waals surface area (Å²) in [7, 11) is 0. The lowest BCUT2D eigenvalue weighted by molar-refractivity contribution is 1.37. The Labute approximate surface area is 90.9 Å². The largest absolute Gasteiger partial charge is 0.254 e. The fourth-order valence-electron chi connectivity index (χ4n) is 1.83. The van der Waals surface area contributed by atoms with Crippen LogP contribution in [0.25, 0.3) is 21.8 Å². The van der Waals surface area contributed by atoms with Gasteiger partial charge in [0.05, 0.1) is 11.0 Å². The van der Waals surface area contributed by atoms with Gasteiger partial charge in [0.1, 0.15) is 5.69 Å². The lowest BCUT2D eigenvalue weighted by Gasteiger charge is -2.03. The molecule has 0 saturated heterocycles. The average Bonchev–Trinajstić information content (AvgIpc) is 2.38. The van der Waals surface area contributed by atoms with Crippen molar-refractivity contribution in [3.63, 3.8) is 0 Å². The Kier molecular flexibility index (Phi) is 1.86. The summed E-state index contributed by atoms with van der Waals surface area (Å²) in [6.45, 7) is 0. The summed E-state index contributed by atoms with van der Waals surface area (Å²) in [5.74, 6) is 0. The molecule has 0 amide bonds. The summed E-state index contributed by atoms with van der Waals surface area (Å²) < 4.78 is 0. The zero-order valence-electron chi connectivity index (χ0n) is 8.29. The van der Waals surface area contributed by atoms with Crippen molar-refractivity contribution < 1.29 is 0 Å². The van der Waals surface area contributed by atoms with Gasteiger partial charge in [-0.2, -0.15) is 0 Å². The maximum atomic E-state index is 10.8. The first kappa shape index (κ1) is 8.91. The third kappa shape index (κ3) is 1.16. The number of benzene rings is 1. The van der Waals surface area contributed by atoms with E-state index in [4.69, 9.17) is 0 Å². The van der Waals surface area contributed by atoms with Crippen LogP contribution in [-0.4, -0.2) is 9.97 Å². The van der Waals surface area contributed by atoms with Crippen LogP contribution in [0.1, 0.15) is 0 Å². The molecule has 4 heteroatoms. The minimum Gasteiger partial charge on any atom is -0.254 e. The summed E-state index contributed by atoms with van der Waals surface area (Å²) in [5, 5.41) is 4.65. The Balaban J connectivity index is 2.62. The monoisotopic (exact) mass is 209 g/mol. The van der Waals surface area contributed by atoms with Crippen molar-refractivity contribution in [1.29, 1.82) is 0 Å². The van der Waals surface area contributed by atoms with E-state index in [-0.39, 0.29) is 0 Å². The summed E-state index contributed by atoms with van der Waals surface area (Å²) in [6, 6.07) is 9.06. The van der Waals surface area contributed by atoms with Crippen molar-refractivity contribution in [2.75, 3.05) is 0 Å². The highest BCUT2D eigenvalue weighted by Crippen LogP contribution is 2.30. The fraction of sp³-hybridized carbons (Fsp3) is 0. The Morgan fingerprint density at radius 1 is 1.00 bits per heavy atom. The van der Waals surface area contributed by atoms with Gasteiger partial charge in [-0.15, -0.1) is 4.91 Å². The van der Waals surface area contributed by atoms with Crippen molar-refractivity contribution >= 4 is 27.5 Å². The van der Waals surface area contributed by atoms with Gasteiger partial charge < -0.3 is 0 Å². The van der Waals surface area contributed by atoms with Crippen molar-refractivity contribution in [1.82, 2.24) is 9.97 Å². The predicted molar refractivity (Wildman–Crippen MR) is 62.5 cm³/mol. The van der Waals surface area contributed by atoms with Gasteiger partial charge in [0.25, 0.3) is 0 Å². The highest BCUT2D eigenvalue weighted by Gasteiger charge is 2.07. The normalized spacial score (nSPS) is 10.8. The van der Waals surface area contributed by atoms with E-state index < -0.39 is 0 Å². The SMILES string of the molecule is O=Nc1cc2cccnc2c2ncccc12. The average molecular weight is 209 g/mol. The molecule has 3 rings (SSSR count). The molecule has 16 heavy (non-hydrogen) atoms. The molecule has 0 radical (unpaired) electrons. The number of hydrogen-bond acceptors (Lipinski definition) is 4. The van der Waals surface area contributed by atoms with Gasteiger partial charge in [0, 0.05) is 23.2 Å². The lowest BCUT2D eigenvalue weighted by Crippen LogP contribution is -1.84. The molecule has 0 atom stereocenters. The molecule has 0 spiro atoms. The zero-order valence-corrected chi connectivity index (χ0v) is 8.29. The quantitative estimate of drug-likeness (QED) is 0.456. The van der Waals surface area contributed by atoms with Crippen molar-refractivity contribution in [2.24, 2.45) is 5.18 Å². The second-order valence-electron chi connectivity index (χ2n) is 3.46. The van der Waals surface area contributed by atoms with Crippen LogP contribution in [0.2, 0.25) is 0 Å². The molecule has 4 nitrogen and oxygen atoms in total. The Hall–Kier alpha value is -2.36. The van der Waals surface area contributed by atoms with Crippen LogP contribution < -0.4 is 0 Å². The predicted octanol–water partition coefficient (Wildman–Crippen LogP) is 3.18. The number of pyridine rings is 2. The van der Waals surface area contributed by atoms with E-state index in [0.29, 0.717) is 5.69 Å². The molecule has 76 valence electrons. The van der Waals surface area contributed by atoms with Crippen LogP contribution in [0.5, 0.6) is 0 Å². The molecular weight excluding hydrogens is 202 g/mol. The standard InChI is InChI=1S/C12H7N3O/c16-15-10-7-8-3-1-5-13-11(8)12-9(10)4-2-6-14-12/h1-7H. The highest BCUT2D eigenvalue weighted by molar-refractivity contribution is 6.08.